The first-order chi connectivity index (χ1) is 6.29. The van der Waals surface area contributed by atoms with Crippen molar-refractivity contribution in [2.45, 2.75) is 31.7 Å². The summed E-state index contributed by atoms with van der Waals surface area (Å²) in [6, 6.07) is 4.16. The standard InChI is InChI=1S/C11H16N2/c1-11(5-6-11)13-9-4-10-2-7-12-8-3-10/h2-3,7-8,13H,4-6,9H2,1H3. The van der Waals surface area contributed by atoms with Crippen LogP contribution in [0.2, 0.25) is 0 Å². The molecule has 1 fully saturated rings. The van der Waals surface area contributed by atoms with Gasteiger partial charge in [0, 0.05) is 17.9 Å². The molecule has 0 unspecified atom stereocenters. The van der Waals surface area contributed by atoms with E-state index in [0.717, 1.165) is 13.0 Å². The highest BCUT2D eigenvalue weighted by molar-refractivity contribution is 5.10. The van der Waals surface area contributed by atoms with E-state index in [4.69, 9.17) is 0 Å². The Bertz CT molecular complexity index is 265. The lowest BCUT2D eigenvalue weighted by Gasteiger charge is -2.10. The van der Waals surface area contributed by atoms with Crippen molar-refractivity contribution in [3.63, 3.8) is 0 Å². The fourth-order valence-electron chi connectivity index (χ4n) is 1.42. The third-order valence-electron chi connectivity index (χ3n) is 2.71. The van der Waals surface area contributed by atoms with Crippen molar-refractivity contribution < 1.29 is 0 Å². The van der Waals surface area contributed by atoms with Crippen LogP contribution in [0.15, 0.2) is 24.5 Å². The number of hydrogen-bond acceptors (Lipinski definition) is 2. The van der Waals surface area contributed by atoms with Crippen LogP contribution in [0.4, 0.5) is 0 Å². The number of rotatable bonds is 4. The highest BCUT2D eigenvalue weighted by Gasteiger charge is 2.35. The zero-order chi connectivity index (χ0) is 9.15. The van der Waals surface area contributed by atoms with Gasteiger partial charge in [0.15, 0.2) is 0 Å². The summed E-state index contributed by atoms with van der Waals surface area (Å²) in [6.07, 6.45) is 7.49. The van der Waals surface area contributed by atoms with Crippen LogP contribution < -0.4 is 5.32 Å². The Morgan fingerprint density at radius 2 is 2.08 bits per heavy atom. The predicted octanol–water partition coefficient (Wildman–Crippen LogP) is 1.77. The first-order valence-electron chi connectivity index (χ1n) is 4.92. The molecule has 1 aliphatic rings. The van der Waals surface area contributed by atoms with Gasteiger partial charge in [-0.1, -0.05) is 0 Å². The van der Waals surface area contributed by atoms with Crippen molar-refractivity contribution >= 4 is 0 Å². The van der Waals surface area contributed by atoms with Crippen LogP contribution in [0.25, 0.3) is 0 Å². The van der Waals surface area contributed by atoms with E-state index in [-0.39, 0.29) is 0 Å². The fourth-order valence-corrected chi connectivity index (χ4v) is 1.42. The lowest BCUT2D eigenvalue weighted by atomic mass is 10.2. The van der Waals surface area contributed by atoms with Crippen LogP contribution in [-0.4, -0.2) is 17.1 Å². The van der Waals surface area contributed by atoms with Gasteiger partial charge in [-0.2, -0.15) is 0 Å². The average molecular weight is 176 g/mol. The zero-order valence-electron chi connectivity index (χ0n) is 8.09. The summed E-state index contributed by atoms with van der Waals surface area (Å²) in [4.78, 5) is 3.99. The monoisotopic (exact) mass is 176 g/mol. The van der Waals surface area contributed by atoms with Crippen LogP contribution in [0.5, 0.6) is 0 Å². The minimum atomic E-state index is 0.465. The van der Waals surface area contributed by atoms with Gasteiger partial charge in [0.25, 0.3) is 0 Å². The molecule has 0 aromatic carbocycles. The van der Waals surface area contributed by atoms with Gasteiger partial charge in [0.2, 0.25) is 0 Å². The Hall–Kier alpha value is -0.890. The molecule has 2 nitrogen and oxygen atoms in total. The molecule has 1 saturated carbocycles. The van der Waals surface area contributed by atoms with Crippen molar-refractivity contribution in [2.75, 3.05) is 6.54 Å². The first-order valence-corrected chi connectivity index (χ1v) is 4.92. The summed E-state index contributed by atoms with van der Waals surface area (Å²) < 4.78 is 0. The average Bonchev–Trinajstić information content (AvgIpc) is 2.86. The molecule has 1 aliphatic carbocycles. The maximum Gasteiger partial charge on any atom is 0.0270 e. The van der Waals surface area contributed by atoms with Crippen molar-refractivity contribution in [1.29, 1.82) is 0 Å². The molecule has 2 heteroatoms. The van der Waals surface area contributed by atoms with Gasteiger partial charge >= 0.3 is 0 Å². The molecule has 13 heavy (non-hydrogen) atoms. The van der Waals surface area contributed by atoms with Gasteiger partial charge in [0.1, 0.15) is 0 Å². The van der Waals surface area contributed by atoms with Crippen molar-refractivity contribution in [3.8, 4) is 0 Å². The molecule has 0 bridgehead atoms. The lowest BCUT2D eigenvalue weighted by Crippen LogP contribution is -2.29. The Morgan fingerprint density at radius 3 is 2.69 bits per heavy atom. The second-order valence-electron chi connectivity index (χ2n) is 4.09. The van der Waals surface area contributed by atoms with Crippen LogP contribution >= 0.6 is 0 Å². The number of pyridine rings is 1. The minimum Gasteiger partial charge on any atom is -0.311 e. The molecule has 0 saturated heterocycles. The normalized spacial score (nSPS) is 18.5. The zero-order valence-corrected chi connectivity index (χ0v) is 8.09. The maximum atomic E-state index is 3.99. The molecule has 1 aromatic rings. The number of nitrogens with zero attached hydrogens (tertiary/aromatic N) is 1. The highest BCUT2D eigenvalue weighted by atomic mass is 15.0. The third-order valence-corrected chi connectivity index (χ3v) is 2.71. The molecule has 1 heterocycles. The van der Waals surface area contributed by atoms with Gasteiger partial charge in [-0.3, -0.25) is 4.98 Å². The quantitative estimate of drug-likeness (QED) is 0.756. The van der Waals surface area contributed by atoms with Crippen LogP contribution in [0.1, 0.15) is 25.3 Å². The Labute approximate surface area is 79.4 Å². The second-order valence-corrected chi connectivity index (χ2v) is 4.09. The minimum absolute atomic E-state index is 0.465. The molecule has 0 aliphatic heterocycles. The van der Waals surface area contributed by atoms with Gasteiger partial charge in [0.05, 0.1) is 0 Å². The number of hydrogen-bond donors (Lipinski definition) is 1. The summed E-state index contributed by atoms with van der Waals surface area (Å²) in [7, 11) is 0. The Morgan fingerprint density at radius 1 is 1.38 bits per heavy atom. The van der Waals surface area contributed by atoms with Crippen molar-refractivity contribution in [3.05, 3.63) is 30.1 Å². The fraction of sp³-hybridized carbons (Fsp3) is 0.545. The summed E-state index contributed by atoms with van der Waals surface area (Å²) >= 11 is 0. The van der Waals surface area contributed by atoms with Gasteiger partial charge < -0.3 is 5.32 Å². The molecule has 1 N–H and O–H groups in total. The van der Waals surface area contributed by atoms with Gasteiger partial charge in [-0.25, -0.2) is 0 Å². The molecule has 2 rings (SSSR count). The largest absolute Gasteiger partial charge is 0.311 e. The Balaban J connectivity index is 1.74. The van der Waals surface area contributed by atoms with Crippen molar-refractivity contribution in [1.82, 2.24) is 10.3 Å². The SMILES string of the molecule is CC1(NCCc2ccncc2)CC1. The lowest BCUT2D eigenvalue weighted by molar-refractivity contribution is 0.541. The molecule has 70 valence electrons. The topological polar surface area (TPSA) is 24.9 Å². The number of nitrogens with one attached hydrogen (secondary N) is 1. The van der Waals surface area contributed by atoms with E-state index < -0.39 is 0 Å². The highest BCUT2D eigenvalue weighted by Crippen LogP contribution is 2.33. The molecular formula is C11H16N2. The first kappa shape index (κ1) is 8.70. The summed E-state index contributed by atoms with van der Waals surface area (Å²) in [5.41, 5.74) is 1.83. The second kappa shape index (κ2) is 3.46. The molecular weight excluding hydrogens is 160 g/mol. The van der Waals surface area contributed by atoms with E-state index in [1.54, 1.807) is 0 Å². The van der Waals surface area contributed by atoms with Crippen molar-refractivity contribution in [2.24, 2.45) is 0 Å². The van der Waals surface area contributed by atoms with E-state index in [1.165, 1.54) is 18.4 Å². The van der Waals surface area contributed by atoms with E-state index in [9.17, 15) is 0 Å². The van der Waals surface area contributed by atoms with Crippen LogP contribution in [-0.2, 0) is 6.42 Å². The summed E-state index contributed by atoms with van der Waals surface area (Å²) in [5, 5.41) is 3.56. The van der Waals surface area contributed by atoms with E-state index in [0.29, 0.717) is 5.54 Å². The van der Waals surface area contributed by atoms with Gasteiger partial charge in [-0.05, 0) is 50.4 Å². The molecule has 0 radical (unpaired) electrons. The molecule has 0 amide bonds. The van der Waals surface area contributed by atoms with E-state index >= 15 is 0 Å². The predicted molar refractivity (Wildman–Crippen MR) is 53.6 cm³/mol. The smallest absolute Gasteiger partial charge is 0.0270 e. The van der Waals surface area contributed by atoms with E-state index in [2.05, 4.69) is 29.4 Å². The Kier molecular flexibility index (Phi) is 2.32. The summed E-state index contributed by atoms with van der Waals surface area (Å²) in [5.74, 6) is 0. The molecule has 1 aromatic heterocycles. The summed E-state index contributed by atoms with van der Waals surface area (Å²) in [6.45, 7) is 3.38. The van der Waals surface area contributed by atoms with Crippen LogP contribution in [0, 0.1) is 0 Å². The third kappa shape index (κ3) is 2.52. The number of aromatic nitrogens is 1. The maximum absolute atomic E-state index is 3.99. The van der Waals surface area contributed by atoms with Crippen LogP contribution in [0.3, 0.4) is 0 Å². The molecule has 0 atom stereocenters. The van der Waals surface area contributed by atoms with E-state index in [1.807, 2.05) is 12.4 Å². The molecule has 0 spiro atoms. The van der Waals surface area contributed by atoms with Gasteiger partial charge in [-0.15, -0.1) is 0 Å².